The number of hydrogen-bond donors (Lipinski definition) is 2. The molecule has 1 aliphatic rings. The zero-order valence-electron chi connectivity index (χ0n) is 10.2. The van der Waals surface area contributed by atoms with Gasteiger partial charge in [0.2, 0.25) is 5.91 Å². The molecule has 94 valence electrons. The number of imidazole rings is 1. The van der Waals surface area contributed by atoms with Crippen LogP contribution in [-0.2, 0) is 11.3 Å². The Morgan fingerprint density at radius 2 is 2.47 bits per heavy atom. The highest BCUT2D eigenvalue weighted by atomic mass is 16.1. The van der Waals surface area contributed by atoms with Crippen LogP contribution in [0.1, 0.15) is 13.3 Å². The predicted octanol–water partition coefficient (Wildman–Crippen LogP) is 0.245. The molecule has 0 aromatic carbocycles. The van der Waals surface area contributed by atoms with E-state index in [4.69, 9.17) is 0 Å². The van der Waals surface area contributed by atoms with Gasteiger partial charge >= 0.3 is 0 Å². The summed E-state index contributed by atoms with van der Waals surface area (Å²) in [6, 6.07) is 0. The Hall–Kier alpha value is -1.36. The number of aromatic nitrogens is 2. The van der Waals surface area contributed by atoms with E-state index in [2.05, 4.69) is 22.5 Å². The first-order valence-electron chi connectivity index (χ1n) is 6.20. The number of hydrogen-bond acceptors (Lipinski definition) is 3. The zero-order chi connectivity index (χ0) is 12.1. The van der Waals surface area contributed by atoms with E-state index in [9.17, 15) is 4.79 Å². The van der Waals surface area contributed by atoms with Gasteiger partial charge in [-0.25, -0.2) is 4.98 Å². The van der Waals surface area contributed by atoms with Gasteiger partial charge in [-0.05, 0) is 18.9 Å². The molecule has 2 unspecified atom stereocenters. The topological polar surface area (TPSA) is 59.0 Å². The van der Waals surface area contributed by atoms with E-state index < -0.39 is 0 Å². The first-order valence-corrected chi connectivity index (χ1v) is 6.20. The minimum absolute atomic E-state index is 0.126. The lowest BCUT2D eigenvalue weighted by Crippen LogP contribution is -2.44. The standard InChI is InChI=1S/C12H20N4O/c1-10-6-11(8-14-7-10)12(17)15-3-5-16-4-2-13-9-16/h2,4,9-11,14H,3,5-8H2,1H3,(H,15,17). The average Bonchev–Trinajstić information content (AvgIpc) is 2.82. The minimum atomic E-state index is 0.126. The van der Waals surface area contributed by atoms with E-state index >= 15 is 0 Å². The monoisotopic (exact) mass is 236 g/mol. The third-order valence-corrected chi connectivity index (χ3v) is 3.17. The third kappa shape index (κ3) is 3.56. The second-order valence-electron chi connectivity index (χ2n) is 4.79. The lowest BCUT2D eigenvalue weighted by atomic mass is 9.91. The molecular weight excluding hydrogens is 216 g/mol. The van der Waals surface area contributed by atoms with Crippen LogP contribution in [0.5, 0.6) is 0 Å². The van der Waals surface area contributed by atoms with Crippen molar-refractivity contribution in [2.45, 2.75) is 19.9 Å². The van der Waals surface area contributed by atoms with Gasteiger partial charge in [0.15, 0.2) is 0 Å². The number of carbonyl (C=O) groups is 1. The van der Waals surface area contributed by atoms with Gasteiger partial charge in [0.05, 0.1) is 12.2 Å². The second-order valence-corrected chi connectivity index (χ2v) is 4.79. The Morgan fingerprint density at radius 3 is 3.18 bits per heavy atom. The molecule has 2 rings (SSSR count). The number of amides is 1. The van der Waals surface area contributed by atoms with Crippen molar-refractivity contribution >= 4 is 5.91 Å². The van der Waals surface area contributed by atoms with Crippen LogP contribution < -0.4 is 10.6 Å². The number of nitrogens with zero attached hydrogens (tertiary/aromatic N) is 2. The molecule has 2 N–H and O–H groups in total. The molecule has 0 saturated carbocycles. The minimum Gasteiger partial charge on any atom is -0.354 e. The molecule has 5 nitrogen and oxygen atoms in total. The van der Waals surface area contributed by atoms with Crippen molar-refractivity contribution in [3.63, 3.8) is 0 Å². The Kier molecular flexibility index (Phi) is 4.14. The van der Waals surface area contributed by atoms with Crippen molar-refractivity contribution in [1.29, 1.82) is 0 Å². The molecule has 0 aliphatic carbocycles. The molecule has 0 radical (unpaired) electrons. The van der Waals surface area contributed by atoms with Crippen molar-refractivity contribution in [3.8, 4) is 0 Å². The summed E-state index contributed by atoms with van der Waals surface area (Å²) < 4.78 is 1.96. The van der Waals surface area contributed by atoms with Crippen LogP contribution in [0.15, 0.2) is 18.7 Å². The van der Waals surface area contributed by atoms with Gasteiger partial charge in [0, 0.05) is 32.0 Å². The first kappa shape index (κ1) is 12.1. The highest BCUT2D eigenvalue weighted by Crippen LogP contribution is 2.15. The fraction of sp³-hybridized carbons (Fsp3) is 0.667. The summed E-state index contributed by atoms with van der Waals surface area (Å²) >= 11 is 0. The van der Waals surface area contributed by atoms with Gasteiger partial charge in [0.25, 0.3) is 0 Å². The van der Waals surface area contributed by atoms with E-state index in [0.717, 1.165) is 26.1 Å². The Bertz CT molecular complexity index is 349. The van der Waals surface area contributed by atoms with Gasteiger partial charge in [-0.3, -0.25) is 4.79 Å². The molecule has 1 aromatic rings. The second kappa shape index (κ2) is 5.82. The number of nitrogens with one attached hydrogen (secondary N) is 2. The van der Waals surface area contributed by atoms with E-state index in [1.54, 1.807) is 12.5 Å². The number of carbonyl (C=O) groups excluding carboxylic acids is 1. The summed E-state index contributed by atoms with van der Waals surface area (Å²) in [5.74, 6) is 0.888. The van der Waals surface area contributed by atoms with Crippen molar-refractivity contribution in [2.75, 3.05) is 19.6 Å². The number of rotatable bonds is 4. The maximum Gasteiger partial charge on any atom is 0.224 e. The van der Waals surface area contributed by atoms with Crippen molar-refractivity contribution < 1.29 is 4.79 Å². The smallest absolute Gasteiger partial charge is 0.224 e. The molecule has 1 aromatic heterocycles. The predicted molar refractivity (Wildman–Crippen MR) is 65.4 cm³/mol. The highest BCUT2D eigenvalue weighted by molar-refractivity contribution is 5.78. The van der Waals surface area contributed by atoms with Gasteiger partial charge in [-0.15, -0.1) is 0 Å². The molecule has 2 heterocycles. The molecule has 0 bridgehead atoms. The van der Waals surface area contributed by atoms with Crippen molar-refractivity contribution in [2.24, 2.45) is 11.8 Å². The van der Waals surface area contributed by atoms with Crippen LogP contribution in [0.2, 0.25) is 0 Å². The largest absolute Gasteiger partial charge is 0.354 e. The highest BCUT2D eigenvalue weighted by Gasteiger charge is 2.24. The number of piperidine rings is 1. The summed E-state index contributed by atoms with van der Waals surface area (Å²) in [6.07, 6.45) is 6.39. The maximum absolute atomic E-state index is 11.9. The van der Waals surface area contributed by atoms with Crippen molar-refractivity contribution in [3.05, 3.63) is 18.7 Å². The van der Waals surface area contributed by atoms with Crippen molar-refractivity contribution in [1.82, 2.24) is 20.2 Å². The molecule has 1 aliphatic heterocycles. The van der Waals surface area contributed by atoms with Gasteiger partial charge in [-0.1, -0.05) is 6.92 Å². The van der Waals surface area contributed by atoms with E-state index in [1.165, 1.54) is 0 Å². The molecule has 0 spiro atoms. The van der Waals surface area contributed by atoms with E-state index in [1.807, 2.05) is 10.8 Å². The van der Waals surface area contributed by atoms with Crippen LogP contribution in [-0.4, -0.2) is 35.1 Å². The van der Waals surface area contributed by atoms with Crippen LogP contribution >= 0.6 is 0 Å². The third-order valence-electron chi connectivity index (χ3n) is 3.17. The lowest BCUT2D eigenvalue weighted by molar-refractivity contribution is -0.125. The molecule has 5 heteroatoms. The van der Waals surface area contributed by atoms with E-state index in [-0.39, 0.29) is 11.8 Å². The summed E-state index contributed by atoms with van der Waals surface area (Å²) in [7, 11) is 0. The Labute approximate surface area is 102 Å². The van der Waals surface area contributed by atoms with Gasteiger partial charge in [0.1, 0.15) is 0 Å². The average molecular weight is 236 g/mol. The lowest BCUT2D eigenvalue weighted by Gasteiger charge is -2.26. The molecular formula is C12H20N4O. The van der Waals surface area contributed by atoms with Gasteiger partial charge < -0.3 is 15.2 Å². The van der Waals surface area contributed by atoms with Crippen LogP contribution in [0.25, 0.3) is 0 Å². The fourth-order valence-electron chi connectivity index (χ4n) is 2.23. The Balaban J connectivity index is 1.70. The SMILES string of the molecule is CC1CNCC(C(=O)NCCn2ccnc2)C1. The van der Waals surface area contributed by atoms with Crippen LogP contribution in [0, 0.1) is 11.8 Å². The summed E-state index contributed by atoms with van der Waals surface area (Å²) in [5.41, 5.74) is 0. The maximum atomic E-state index is 11.9. The molecule has 1 amide bonds. The Morgan fingerprint density at radius 1 is 1.59 bits per heavy atom. The zero-order valence-corrected chi connectivity index (χ0v) is 10.2. The first-order chi connectivity index (χ1) is 8.25. The summed E-state index contributed by atoms with van der Waals surface area (Å²) in [6.45, 7) is 5.46. The quantitative estimate of drug-likeness (QED) is 0.787. The van der Waals surface area contributed by atoms with Gasteiger partial charge in [-0.2, -0.15) is 0 Å². The summed E-state index contributed by atoms with van der Waals surface area (Å²) in [5, 5.41) is 6.28. The van der Waals surface area contributed by atoms with E-state index in [0.29, 0.717) is 12.5 Å². The normalized spacial score (nSPS) is 24.5. The molecule has 1 fully saturated rings. The molecule has 1 saturated heterocycles. The molecule has 2 atom stereocenters. The molecule has 17 heavy (non-hydrogen) atoms. The van der Waals surface area contributed by atoms with Crippen LogP contribution in [0.4, 0.5) is 0 Å². The fourth-order valence-corrected chi connectivity index (χ4v) is 2.23. The summed E-state index contributed by atoms with van der Waals surface area (Å²) in [4.78, 5) is 15.9. The van der Waals surface area contributed by atoms with Crippen LogP contribution in [0.3, 0.4) is 0 Å².